The number of carbonyl (C=O) groups excluding carboxylic acids is 2. The first-order chi connectivity index (χ1) is 11.0. The summed E-state index contributed by atoms with van der Waals surface area (Å²) < 4.78 is 0. The van der Waals surface area contributed by atoms with E-state index >= 15 is 0 Å². The Bertz CT molecular complexity index is 592. The zero-order valence-corrected chi connectivity index (χ0v) is 13.2. The number of hydrogen-bond acceptors (Lipinski definition) is 3. The molecular formula is C17H22N2O4. The van der Waals surface area contributed by atoms with Crippen molar-refractivity contribution in [1.29, 1.82) is 0 Å². The smallest absolute Gasteiger partial charge is 0.306 e. The van der Waals surface area contributed by atoms with Crippen LogP contribution in [0.2, 0.25) is 0 Å². The number of aliphatic carboxylic acids is 1. The molecule has 2 amide bonds. The van der Waals surface area contributed by atoms with Crippen LogP contribution >= 0.6 is 0 Å². The third-order valence-corrected chi connectivity index (χ3v) is 4.33. The van der Waals surface area contributed by atoms with E-state index in [9.17, 15) is 14.4 Å². The standard InChI is InChI=1S/C17H22N2O4/c1-18-15(20)14-4-2-3-11(9-14)10-19-16(21)12-5-7-13(8-6-12)17(22)23/h2-4,9,12-13H,5-8,10H2,1H3,(H,18,20)(H,19,21)(H,22,23). The van der Waals surface area contributed by atoms with E-state index in [4.69, 9.17) is 5.11 Å². The number of carbonyl (C=O) groups is 3. The number of hydrogen-bond donors (Lipinski definition) is 3. The molecule has 1 saturated carbocycles. The lowest BCUT2D eigenvalue weighted by Crippen LogP contribution is -2.34. The SMILES string of the molecule is CNC(=O)c1cccc(CNC(=O)C2CCC(C(=O)O)CC2)c1. The molecule has 1 aromatic carbocycles. The molecule has 0 spiro atoms. The molecule has 1 aromatic rings. The van der Waals surface area contributed by atoms with Crippen molar-refractivity contribution >= 4 is 17.8 Å². The van der Waals surface area contributed by atoms with Gasteiger partial charge in [0.2, 0.25) is 5.91 Å². The van der Waals surface area contributed by atoms with E-state index in [1.54, 1.807) is 25.2 Å². The first kappa shape index (κ1) is 17.0. The van der Waals surface area contributed by atoms with Crippen molar-refractivity contribution in [3.63, 3.8) is 0 Å². The Morgan fingerprint density at radius 3 is 2.39 bits per heavy atom. The molecule has 3 N–H and O–H groups in total. The number of carboxylic acids is 1. The maximum atomic E-state index is 12.2. The van der Waals surface area contributed by atoms with Crippen molar-refractivity contribution in [1.82, 2.24) is 10.6 Å². The molecule has 0 saturated heterocycles. The minimum atomic E-state index is -0.769. The number of benzene rings is 1. The summed E-state index contributed by atoms with van der Waals surface area (Å²) in [5, 5.41) is 14.4. The molecule has 6 heteroatoms. The van der Waals surface area contributed by atoms with Gasteiger partial charge in [-0.15, -0.1) is 0 Å². The van der Waals surface area contributed by atoms with Gasteiger partial charge in [0.1, 0.15) is 0 Å². The van der Waals surface area contributed by atoms with E-state index in [-0.39, 0.29) is 23.7 Å². The normalized spacial score (nSPS) is 20.6. The van der Waals surface area contributed by atoms with Crippen LogP contribution in [0.5, 0.6) is 0 Å². The number of nitrogens with one attached hydrogen (secondary N) is 2. The summed E-state index contributed by atoms with van der Waals surface area (Å²) in [7, 11) is 1.57. The van der Waals surface area contributed by atoms with Crippen molar-refractivity contribution in [2.45, 2.75) is 32.2 Å². The van der Waals surface area contributed by atoms with Crippen LogP contribution < -0.4 is 10.6 Å². The van der Waals surface area contributed by atoms with Crippen LogP contribution in [0.25, 0.3) is 0 Å². The van der Waals surface area contributed by atoms with Gasteiger partial charge in [0, 0.05) is 25.1 Å². The Balaban J connectivity index is 1.85. The Morgan fingerprint density at radius 1 is 1.13 bits per heavy atom. The summed E-state index contributed by atoms with van der Waals surface area (Å²) in [5.41, 5.74) is 1.42. The Labute approximate surface area is 135 Å². The summed E-state index contributed by atoms with van der Waals surface area (Å²) in [4.78, 5) is 34.7. The fraction of sp³-hybridized carbons (Fsp3) is 0.471. The average Bonchev–Trinajstić information content (AvgIpc) is 2.59. The fourth-order valence-electron chi connectivity index (χ4n) is 2.90. The molecule has 0 atom stereocenters. The van der Waals surface area contributed by atoms with Gasteiger partial charge in [0.15, 0.2) is 0 Å². The van der Waals surface area contributed by atoms with Gasteiger partial charge >= 0.3 is 5.97 Å². The Hall–Kier alpha value is -2.37. The van der Waals surface area contributed by atoms with Gasteiger partial charge in [-0.05, 0) is 43.4 Å². The lowest BCUT2D eigenvalue weighted by molar-refractivity contribution is -0.144. The largest absolute Gasteiger partial charge is 0.481 e. The van der Waals surface area contributed by atoms with Crippen molar-refractivity contribution in [2.75, 3.05) is 7.05 Å². The van der Waals surface area contributed by atoms with Crippen LogP contribution in [0.1, 0.15) is 41.6 Å². The molecule has 1 aliphatic carbocycles. The van der Waals surface area contributed by atoms with Crippen molar-refractivity contribution < 1.29 is 19.5 Å². The Kier molecular flexibility index (Phi) is 5.73. The van der Waals surface area contributed by atoms with Crippen molar-refractivity contribution in [3.05, 3.63) is 35.4 Å². The molecule has 1 fully saturated rings. The van der Waals surface area contributed by atoms with Crippen molar-refractivity contribution in [3.8, 4) is 0 Å². The first-order valence-electron chi connectivity index (χ1n) is 7.82. The van der Waals surface area contributed by atoms with E-state index in [0.717, 1.165) is 5.56 Å². The first-order valence-corrected chi connectivity index (χ1v) is 7.82. The fourth-order valence-corrected chi connectivity index (χ4v) is 2.90. The molecule has 124 valence electrons. The summed E-state index contributed by atoms with van der Waals surface area (Å²) in [6.07, 6.45) is 2.33. The predicted octanol–water partition coefficient (Wildman–Crippen LogP) is 1.55. The maximum Gasteiger partial charge on any atom is 0.306 e. The molecule has 0 aliphatic heterocycles. The molecule has 1 aliphatic rings. The molecule has 0 aromatic heterocycles. The highest BCUT2D eigenvalue weighted by Crippen LogP contribution is 2.29. The van der Waals surface area contributed by atoms with E-state index in [1.807, 2.05) is 6.07 Å². The lowest BCUT2D eigenvalue weighted by Gasteiger charge is -2.25. The number of rotatable bonds is 5. The quantitative estimate of drug-likeness (QED) is 0.767. The van der Waals surface area contributed by atoms with Gasteiger partial charge in [0.05, 0.1) is 5.92 Å². The topological polar surface area (TPSA) is 95.5 Å². The van der Waals surface area contributed by atoms with Crippen molar-refractivity contribution in [2.24, 2.45) is 11.8 Å². The minimum Gasteiger partial charge on any atom is -0.481 e. The Morgan fingerprint density at radius 2 is 1.78 bits per heavy atom. The summed E-state index contributed by atoms with van der Waals surface area (Å²) >= 11 is 0. The van der Waals surface area contributed by atoms with Gasteiger partial charge in [0.25, 0.3) is 5.91 Å². The molecule has 0 heterocycles. The van der Waals surface area contributed by atoms with Crippen LogP contribution in [-0.4, -0.2) is 29.9 Å². The maximum absolute atomic E-state index is 12.2. The van der Waals surface area contributed by atoms with Crippen LogP contribution in [0, 0.1) is 11.8 Å². The molecule has 0 unspecified atom stereocenters. The van der Waals surface area contributed by atoms with Gasteiger partial charge in [-0.3, -0.25) is 14.4 Å². The van der Waals surface area contributed by atoms with Gasteiger partial charge < -0.3 is 15.7 Å². The van der Waals surface area contributed by atoms with Crippen LogP contribution in [-0.2, 0) is 16.1 Å². The van der Waals surface area contributed by atoms with Crippen LogP contribution in [0.4, 0.5) is 0 Å². The summed E-state index contributed by atoms with van der Waals surface area (Å²) in [6.45, 7) is 0.364. The highest BCUT2D eigenvalue weighted by molar-refractivity contribution is 5.94. The second kappa shape index (κ2) is 7.76. The number of amides is 2. The molecule has 0 bridgehead atoms. The van der Waals surface area contributed by atoms with E-state index in [1.165, 1.54) is 0 Å². The third-order valence-electron chi connectivity index (χ3n) is 4.33. The zero-order chi connectivity index (χ0) is 16.8. The van der Waals surface area contributed by atoms with Gasteiger partial charge in [-0.25, -0.2) is 0 Å². The third kappa shape index (κ3) is 4.55. The van der Waals surface area contributed by atoms with E-state index in [2.05, 4.69) is 10.6 Å². The summed E-state index contributed by atoms with van der Waals surface area (Å²) in [6, 6.07) is 7.11. The molecule has 2 rings (SSSR count). The highest BCUT2D eigenvalue weighted by Gasteiger charge is 2.29. The highest BCUT2D eigenvalue weighted by atomic mass is 16.4. The number of carboxylic acid groups (broad SMARTS) is 1. The minimum absolute atomic E-state index is 0.0424. The molecular weight excluding hydrogens is 296 g/mol. The molecule has 0 radical (unpaired) electrons. The van der Waals surface area contributed by atoms with Gasteiger partial charge in [-0.1, -0.05) is 12.1 Å². The second-order valence-corrected chi connectivity index (χ2v) is 5.88. The predicted molar refractivity (Wildman–Crippen MR) is 84.8 cm³/mol. The van der Waals surface area contributed by atoms with E-state index < -0.39 is 5.97 Å². The second-order valence-electron chi connectivity index (χ2n) is 5.88. The molecule has 23 heavy (non-hydrogen) atoms. The average molecular weight is 318 g/mol. The monoisotopic (exact) mass is 318 g/mol. The zero-order valence-electron chi connectivity index (χ0n) is 13.2. The molecule has 6 nitrogen and oxygen atoms in total. The summed E-state index contributed by atoms with van der Waals surface area (Å²) in [5.74, 6) is -1.41. The van der Waals surface area contributed by atoms with E-state index in [0.29, 0.717) is 37.8 Å². The lowest BCUT2D eigenvalue weighted by atomic mass is 9.81. The van der Waals surface area contributed by atoms with Crippen LogP contribution in [0.3, 0.4) is 0 Å². The van der Waals surface area contributed by atoms with Crippen LogP contribution in [0.15, 0.2) is 24.3 Å². The van der Waals surface area contributed by atoms with Gasteiger partial charge in [-0.2, -0.15) is 0 Å².